The number of hydrogen-bond donors (Lipinski definition) is 1. The molecule has 1 N–H and O–H groups in total. The molecular weight excluding hydrogens is 336 g/mol. The zero-order valence-electron chi connectivity index (χ0n) is 15.2. The number of H-pyrrole nitrogens is 1. The molecular formula is C22H20N4O. The number of nitrogens with zero attached hydrogens (tertiary/aromatic N) is 3. The van der Waals surface area contributed by atoms with Crippen molar-refractivity contribution in [2.45, 2.75) is 38.1 Å². The quantitative estimate of drug-likeness (QED) is 0.723. The number of rotatable bonds is 1. The highest BCUT2D eigenvalue weighted by Crippen LogP contribution is 2.43. The molecule has 2 heterocycles. The lowest BCUT2D eigenvalue weighted by molar-refractivity contribution is 0.0594. The Labute approximate surface area is 157 Å². The van der Waals surface area contributed by atoms with E-state index in [1.54, 1.807) is 6.33 Å². The first-order chi connectivity index (χ1) is 13.2. The minimum absolute atomic E-state index is 0.0976. The van der Waals surface area contributed by atoms with Crippen molar-refractivity contribution in [1.82, 2.24) is 14.9 Å². The zero-order chi connectivity index (χ0) is 18.5. The number of aryl methyl sites for hydroxylation is 1. The van der Waals surface area contributed by atoms with Crippen LogP contribution in [0, 0.1) is 18.3 Å². The van der Waals surface area contributed by atoms with E-state index in [0.717, 1.165) is 48.0 Å². The smallest absolute Gasteiger partial charge is 0.254 e. The van der Waals surface area contributed by atoms with Crippen molar-refractivity contribution < 1.29 is 4.79 Å². The van der Waals surface area contributed by atoms with Gasteiger partial charge in [0.25, 0.3) is 5.91 Å². The van der Waals surface area contributed by atoms with Gasteiger partial charge < -0.3 is 9.88 Å². The number of imidazole rings is 1. The van der Waals surface area contributed by atoms with E-state index >= 15 is 0 Å². The topological polar surface area (TPSA) is 72.8 Å². The summed E-state index contributed by atoms with van der Waals surface area (Å²) in [5, 5.41) is 9.23. The fourth-order valence-corrected chi connectivity index (χ4v) is 4.82. The van der Waals surface area contributed by atoms with E-state index in [1.807, 2.05) is 31.2 Å². The number of piperidine rings is 1. The van der Waals surface area contributed by atoms with Crippen molar-refractivity contribution in [3.8, 4) is 6.07 Å². The van der Waals surface area contributed by atoms with E-state index in [-0.39, 0.29) is 11.9 Å². The Bertz CT molecular complexity index is 1110. The molecule has 0 radical (unpaired) electrons. The molecule has 0 unspecified atom stereocenters. The third-order valence-electron chi connectivity index (χ3n) is 6.14. The Balaban J connectivity index is 1.51. The highest BCUT2D eigenvalue weighted by atomic mass is 16.2. The van der Waals surface area contributed by atoms with Gasteiger partial charge in [-0.1, -0.05) is 6.07 Å². The minimum atomic E-state index is 0.0976. The van der Waals surface area contributed by atoms with Crippen LogP contribution in [0.5, 0.6) is 0 Å². The summed E-state index contributed by atoms with van der Waals surface area (Å²) in [5.41, 5.74) is 6.74. The molecule has 1 fully saturated rings. The number of nitrogens with one attached hydrogen (secondary N) is 1. The second kappa shape index (κ2) is 5.95. The third kappa shape index (κ3) is 2.44. The SMILES string of the molecule is Cc1cc2[nH]cnc2cc1C(=O)N1CCC[C@H]2c3cc(C#N)ccc3C[C@H]21. The van der Waals surface area contributed by atoms with Gasteiger partial charge in [0.1, 0.15) is 0 Å². The van der Waals surface area contributed by atoms with Crippen LogP contribution in [-0.4, -0.2) is 33.4 Å². The molecule has 5 rings (SSSR count). The molecule has 1 saturated heterocycles. The third-order valence-corrected chi connectivity index (χ3v) is 6.14. The predicted octanol–water partition coefficient (Wildman–Crippen LogP) is 3.69. The average molecular weight is 356 g/mol. The van der Waals surface area contributed by atoms with E-state index in [2.05, 4.69) is 27.0 Å². The summed E-state index contributed by atoms with van der Waals surface area (Å²) in [6.07, 6.45) is 4.61. The van der Waals surface area contributed by atoms with Crippen LogP contribution in [0.4, 0.5) is 0 Å². The van der Waals surface area contributed by atoms with Crippen molar-refractivity contribution in [2.75, 3.05) is 6.54 Å². The maximum absolute atomic E-state index is 13.4. The number of benzene rings is 2. The first-order valence-electron chi connectivity index (χ1n) is 9.43. The van der Waals surface area contributed by atoms with Crippen molar-refractivity contribution in [2.24, 2.45) is 0 Å². The van der Waals surface area contributed by atoms with Crippen molar-refractivity contribution in [1.29, 1.82) is 5.26 Å². The second-order valence-electron chi connectivity index (χ2n) is 7.63. The second-order valence-corrected chi connectivity index (χ2v) is 7.63. The lowest BCUT2D eigenvalue weighted by atomic mass is 9.87. The van der Waals surface area contributed by atoms with Crippen LogP contribution in [0.1, 0.15) is 51.4 Å². The van der Waals surface area contributed by atoms with Gasteiger partial charge in [-0.2, -0.15) is 5.26 Å². The number of carbonyl (C=O) groups is 1. The Morgan fingerprint density at radius 3 is 3.07 bits per heavy atom. The Hall–Kier alpha value is -3.13. The highest BCUT2D eigenvalue weighted by molar-refractivity contribution is 5.99. The van der Waals surface area contributed by atoms with Gasteiger partial charge in [0, 0.05) is 24.1 Å². The molecule has 3 aromatic rings. The predicted molar refractivity (Wildman–Crippen MR) is 102 cm³/mol. The number of aromatic nitrogens is 2. The molecule has 0 bridgehead atoms. The largest absolute Gasteiger partial charge is 0.345 e. The Kier molecular flexibility index (Phi) is 3.54. The molecule has 2 aliphatic rings. The fourth-order valence-electron chi connectivity index (χ4n) is 4.82. The standard InChI is InChI=1S/C22H20N4O/c1-13-7-19-20(25-12-24-19)10-17(13)22(27)26-6-2-3-16-18-8-14(11-23)4-5-15(18)9-21(16)26/h4-5,7-8,10,12,16,21H,2-3,6,9H2,1H3,(H,24,25)/t16-,21+/m0/s1. The van der Waals surface area contributed by atoms with Gasteiger partial charge in [0.05, 0.1) is 29.0 Å². The Morgan fingerprint density at radius 1 is 1.33 bits per heavy atom. The minimum Gasteiger partial charge on any atom is -0.345 e. The summed E-state index contributed by atoms with van der Waals surface area (Å²) < 4.78 is 0. The summed E-state index contributed by atoms with van der Waals surface area (Å²) in [7, 11) is 0. The van der Waals surface area contributed by atoms with Gasteiger partial charge in [0.15, 0.2) is 0 Å². The lowest BCUT2D eigenvalue weighted by Gasteiger charge is -2.38. The maximum atomic E-state index is 13.4. The van der Waals surface area contributed by atoms with E-state index in [1.165, 1.54) is 11.1 Å². The number of aromatic amines is 1. The summed E-state index contributed by atoms with van der Waals surface area (Å²) in [6, 6.07) is 12.3. The van der Waals surface area contributed by atoms with Gasteiger partial charge in [0.2, 0.25) is 0 Å². The summed E-state index contributed by atoms with van der Waals surface area (Å²) in [4.78, 5) is 22.9. The molecule has 0 spiro atoms. The number of likely N-dealkylation sites (tertiary alicyclic amines) is 1. The van der Waals surface area contributed by atoms with Gasteiger partial charge in [-0.25, -0.2) is 4.98 Å². The normalized spacial score (nSPS) is 21.0. The van der Waals surface area contributed by atoms with Gasteiger partial charge in [-0.3, -0.25) is 4.79 Å². The van der Waals surface area contributed by atoms with Gasteiger partial charge in [-0.15, -0.1) is 0 Å². The number of nitriles is 1. The van der Waals surface area contributed by atoms with Crippen LogP contribution >= 0.6 is 0 Å². The Morgan fingerprint density at radius 2 is 2.22 bits per heavy atom. The molecule has 2 aromatic carbocycles. The van der Waals surface area contributed by atoms with Gasteiger partial charge >= 0.3 is 0 Å². The molecule has 1 aliphatic carbocycles. The maximum Gasteiger partial charge on any atom is 0.254 e. The van der Waals surface area contributed by atoms with Crippen molar-refractivity contribution >= 4 is 16.9 Å². The number of carbonyl (C=O) groups excluding carboxylic acids is 1. The van der Waals surface area contributed by atoms with Gasteiger partial charge in [-0.05, 0) is 67.1 Å². The fraction of sp³-hybridized carbons (Fsp3) is 0.318. The number of hydrogen-bond acceptors (Lipinski definition) is 3. The lowest BCUT2D eigenvalue weighted by Crippen LogP contribution is -2.46. The highest BCUT2D eigenvalue weighted by Gasteiger charge is 2.41. The number of amides is 1. The van der Waals surface area contributed by atoms with E-state index < -0.39 is 0 Å². The summed E-state index contributed by atoms with van der Waals surface area (Å²) in [6.45, 7) is 2.77. The van der Waals surface area contributed by atoms with Crippen LogP contribution < -0.4 is 0 Å². The molecule has 27 heavy (non-hydrogen) atoms. The van der Waals surface area contributed by atoms with Crippen molar-refractivity contribution in [3.63, 3.8) is 0 Å². The first kappa shape index (κ1) is 16.1. The van der Waals surface area contributed by atoms with E-state index in [4.69, 9.17) is 0 Å². The van der Waals surface area contributed by atoms with Crippen LogP contribution in [-0.2, 0) is 6.42 Å². The molecule has 2 atom stereocenters. The zero-order valence-corrected chi connectivity index (χ0v) is 15.2. The molecule has 0 saturated carbocycles. The van der Waals surface area contributed by atoms with Crippen LogP contribution in [0.2, 0.25) is 0 Å². The van der Waals surface area contributed by atoms with Crippen LogP contribution in [0.25, 0.3) is 11.0 Å². The number of fused-ring (bicyclic) bond motifs is 4. The summed E-state index contributed by atoms with van der Waals surface area (Å²) in [5.74, 6) is 0.431. The van der Waals surface area contributed by atoms with Crippen molar-refractivity contribution in [3.05, 3.63) is 64.5 Å². The summed E-state index contributed by atoms with van der Waals surface area (Å²) >= 11 is 0. The molecule has 5 nitrogen and oxygen atoms in total. The average Bonchev–Trinajstić information content (AvgIpc) is 3.29. The van der Waals surface area contributed by atoms with Crippen LogP contribution in [0.15, 0.2) is 36.7 Å². The molecule has 1 aromatic heterocycles. The first-order valence-corrected chi connectivity index (χ1v) is 9.43. The molecule has 1 amide bonds. The molecule has 134 valence electrons. The molecule has 5 heteroatoms. The monoisotopic (exact) mass is 356 g/mol. The molecule has 1 aliphatic heterocycles. The van der Waals surface area contributed by atoms with Crippen LogP contribution in [0.3, 0.4) is 0 Å². The van der Waals surface area contributed by atoms with E-state index in [0.29, 0.717) is 11.5 Å². The van der Waals surface area contributed by atoms with E-state index in [9.17, 15) is 10.1 Å².